The van der Waals surface area contributed by atoms with E-state index in [0.717, 1.165) is 0 Å². The highest BCUT2D eigenvalue weighted by molar-refractivity contribution is 5.93. The lowest BCUT2D eigenvalue weighted by molar-refractivity contribution is -0.137. The van der Waals surface area contributed by atoms with Gasteiger partial charge in [0.05, 0.1) is 25.3 Å². The molecule has 7 nitrogen and oxygen atoms in total. The first-order chi connectivity index (χ1) is 17.7. The maximum atomic E-state index is 14.0. The molecule has 0 unspecified atom stereocenters. The van der Waals surface area contributed by atoms with Gasteiger partial charge in [0.15, 0.2) is 0 Å². The number of carbonyl (C=O) groups excluding carboxylic acids is 2. The molecule has 0 aromatic heterocycles. The molecule has 7 heteroatoms. The standard InChI is InChI=1S/C31H52N4O3/c1-22(2)25(20-23(3)28(36)35-16-18-38-19-17-35)34(10)29(37)27(30(4,5)6)33-21-26(32-9)31(7,8)24-14-12-11-13-15-24/h11-15,20,22,25-27,32-33H,16-19,21H2,1-10H3/b23-20+/t25-,26-,27-/m1/s1. The number of nitrogens with zero attached hydrogens (tertiary/aromatic N) is 2. The van der Waals surface area contributed by atoms with Crippen LogP contribution >= 0.6 is 0 Å². The third-order valence-electron chi connectivity index (χ3n) is 7.91. The Bertz CT molecular complexity index is 930. The molecule has 1 aromatic carbocycles. The summed E-state index contributed by atoms with van der Waals surface area (Å²) in [6.45, 7) is 19.8. The Hall–Kier alpha value is -2.22. The maximum Gasteiger partial charge on any atom is 0.249 e. The van der Waals surface area contributed by atoms with Crippen molar-refractivity contribution in [3.63, 3.8) is 0 Å². The van der Waals surface area contributed by atoms with E-state index in [1.54, 1.807) is 0 Å². The minimum Gasteiger partial charge on any atom is -0.378 e. The van der Waals surface area contributed by atoms with E-state index in [0.29, 0.717) is 38.4 Å². The SMILES string of the molecule is CN[C@H](CN[C@H](C(=O)N(C)[C@H](/C=C(\C)C(=O)N1CCOCC1)C(C)C)C(C)(C)C)C(C)(C)c1ccccc1. The van der Waals surface area contributed by atoms with Crippen LogP contribution in [0.2, 0.25) is 0 Å². The molecule has 1 saturated heterocycles. The monoisotopic (exact) mass is 528 g/mol. The molecular weight excluding hydrogens is 476 g/mol. The summed E-state index contributed by atoms with van der Waals surface area (Å²) in [4.78, 5) is 30.7. The zero-order chi connectivity index (χ0) is 28.7. The molecule has 0 radical (unpaired) electrons. The zero-order valence-electron chi connectivity index (χ0n) is 25.4. The third-order valence-corrected chi connectivity index (χ3v) is 7.91. The molecule has 1 aliphatic rings. The van der Waals surface area contributed by atoms with Crippen molar-refractivity contribution in [3.8, 4) is 0 Å². The highest BCUT2D eigenvalue weighted by Gasteiger charge is 2.38. The van der Waals surface area contributed by atoms with E-state index >= 15 is 0 Å². The summed E-state index contributed by atoms with van der Waals surface area (Å²) in [6, 6.07) is 10.0. The van der Waals surface area contributed by atoms with Gasteiger partial charge in [-0.15, -0.1) is 0 Å². The predicted molar refractivity (Wildman–Crippen MR) is 156 cm³/mol. The Balaban J connectivity index is 2.23. The lowest BCUT2D eigenvalue weighted by Crippen LogP contribution is -2.59. The van der Waals surface area contributed by atoms with Crippen LogP contribution in [0.3, 0.4) is 0 Å². The van der Waals surface area contributed by atoms with Gasteiger partial charge in [0, 0.05) is 43.7 Å². The topological polar surface area (TPSA) is 73.9 Å². The van der Waals surface area contributed by atoms with Gasteiger partial charge in [-0.05, 0) is 30.9 Å². The predicted octanol–water partition coefficient (Wildman–Crippen LogP) is 3.84. The van der Waals surface area contributed by atoms with Crippen LogP contribution in [-0.2, 0) is 19.7 Å². The van der Waals surface area contributed by atoms with Gasteiger partial charge in [0.1, 0.15) is 0 Å². The molecule has 2 rings (SSSR count). The number of hydrogen-bond acceptors (Lipinski definition) is 5. The molecule has 1 fully saturated rings. The van der Waals surface area contributed by atoms with E-state index in [2.05, 4.69) is 83.4 Å². The first-order valence-corrected chi connectivity index (χ1v) is 14.0. The number of amides is 2. The molecular formula is C31H52N4O3. The number of nitrogens with one attached hydrogen (secondary N) is 2. The Morgan fingerprint density at radius 2 is 1.66 bits per heavy atom. The fourth-order valence-corrected chi connectivity index (χ4v) is 5.23. The number of carbonyl (C=O) groups is 2. The molecule has 0 bridgehead atoms. The fourth-order valence-electron chi connectivity index (χ4n) is 5.23. The van der Waals surface area contributed by atoms with Crippen molar-refractivity contribution in [2.75, 3.05) is 46.9 Å². The molecule has 2 N–H and O–H groups in total. The molecule has 1 heterocycles. The average Bonchev–Trinajstić information content (AvgIpc) is 2.88. The number of hydrogen-bond donors (Lipinski definition) is 2. The molecule has 1 aromatic rings. The minimum absolute atomic E-state index is 0.0188. The largest absolute Gasteiger partial charge is 0.378 e. The van der Waals surface area contributed by atoms with Crippen molar-refractivity contribution >= 4 is 11.8 Å². The number of benzene rings is 1. The van der Waals surface area contributed by atoms with Gasteiger partial charge in [0.25, 0.3) is 0 Å². The van der Waals surface area contributed by atoms with Crippen LogP contribution in [-0.4, -0.2) is 86.7 Å². The molecule has 214 valence electrons. The summed E-state index contributed by atoms with van der Waals surface area (Å²) in [5.74, 6) is 0.204. The van der Waals surface area contributed by atoms with Gasteiger partial charge in [-0.2, -0.15) is 0 Å². The lowest BCUT2D eigenvalue weighted by atomic mass is 9.77. The summed E-state index contributed by atoms with van der Waals surface area (Å²) in [5, 5.41) is 7.10. The summed E-state index contributed by atoms with van der Waals surface area (Å²) in [5.41, 5.74) is 1.48. The lowest BCUT2D eigenvalue weighted by Gasteiger charge is -2.40. The van der Waals surface area contributed by atoms with Crippen LogP contribution in [0, 0.1) is 11.3 Å². The number of likely N-dealkylation sites (N-methyl/N-ethyl adjacent to an activating group) is 2. The van der Waals surface area contributed by atoms with Crippen molar-refractivity contribution in [1.82, 2.24) is 20.4 Å². The Labute approximate surface area is 231 Å². The van der Waals surface area contributed by atoms with Gasteiger partial charge < -0.3 is 25.2 Å². The smallest absolute Gasteiger partial charge is 0.249 e. The normalized spacial score (nSPS) is 17.8. The quantitative estimate of drug-likeness (QED) is 0.427. The Morgan fingerprint density at radius 3 is 2.16 bits per heavy atom. The van der Waals surface area contributed by atoms with Gasteiger partial charge in [-0.3, -0.25) is 9.59 Å². The van der Waals surface area contributed by atoms with Crippen molar-refractivity contribution in [2.24, 2.45) is 11.3 Å². The van der Waals surface area contributed by atoms with Gasteiger partial charge in [0.2, 0.25) is 11.8 Å². The third kappa shape index (κ3) is 8.14. The van der Waals surface area contributed by atoms with Crippen molar-refractivity contribution in [3.05, 3.63) is 47.5 Å². The molecule has 2 amide bonds. The summed E-state index contributed by atoms with van der Waals surface area (Å²) >= 11 is 0. The highest BCUT2D eigenvalue weighted by Crippen LogP contribution is 2.28. The first kappa shape index (κ1) is 32.0. The van der Waals surface area contributed by atoms with Crippen molar-refractivity contribution in [1.29, 1.82) is 0 Å². The second kappa shape index (κ2) is 13.7. The minimum atomic E-state index is -0.389. The Kier molecular flexibility index (Phi) is 11.6. The van der Waals surface area contributed by atoms with Gasteiger partial charge >= 0.3 is 0 Å². The number of ether oxygens (including phenoxy) is 1. The molecule has 0 aliphatic carbocycles. The highest BCUT2D eigenvalue weighted by atomic mass is 16.5. The molecule has 1 aliphatic heterocycles. The fraction of sp³-hybridized carbons (Fsp3) is 0.677. The summed E-state index contributed by atoms with van der Waals surface area (Å²) in [6.07, 6.45) is 1.97. The maximum absolute atomic E-state index is 14.0. The van der Waals surface area contributed by atoms with E-state index < -0.39 is 0 Å². The van der Waals surface area contributed by atoms with E-state index in [9.17, 15) is 9.59 Å². The van der Waals surface area contributed by atoms with Crippen LogP contribution in [0.15, 0.2) is 42.0 Å². The van der Waals surface area contributed by atoms with Gasteiger partial charge in [-0.1, -0.05) is 84.9 Å². The average molecular weight is 529 g/mol. The molecule has 0 spiro atoms. The Morgan fingerprint density at radius 1 is 1.08 bits per heavy atom. The molecule has 3 atom stereocenters. The van der Waals surface area contributed by atoms with E-state index in [-0.39, 0.29) is 46.7 Å². The van der Waals surface area contributed by atoms with Crippen LogP contribution in [0.1, 0.15) is 61.0 Å². The van der Waals surface area contributed by atoms with Crippen LogP contribution in [0.4, 0.5) is 0 Å². The van der Waals surface area contributed by atoms with Crippen LogP contribution < -0.4 is 10.6 Å². The number of rotatable bonds is 11. The van der Waals surface area contributed by atoms with Crippen LogP contribution in [0.25, 0.3) is 0 Å². The van der Waals surface area contributed by atoms with Crippen molar-refractivity contribution < 1.29 is 14.3 Å². The van der Waals surface area contributed by atoms with E-state index in [1.165, 1.54) is 5.56 Å². The van der Waals surface area contributed by atoms with Crippen LogP contribution in [0.5, 0.6) is 0 Å². The number of morpholine rings is 1. The van der Waals surface area contributed by atoms with E-state index in [4.69, 9.17) is 4.74 Å². The second-order valence-electron chi connectivity index (χ2n) is 12.6. The molecule has 0 saturated carbocycles. The van der Waals surface area contributed by atoms with E-state index in [1.807, 2.05) is 43.0 Å². The van der Waals surface area contributed by atoms with Crippen molar-refractivity contribution in [2.45, 2.75) is 78.9 Å². The first-order valence-electron chi connectivity index (χ1n) is 14.0. The zero-order valence-corrected chi connectivity index (χ0v) is 25.4. The summed E-state index contributed by atoms with van der Waals surface area (Å²) < 4.78 is 5.39. The van der Waals surface area contributed by atoms with Gasteiger partial charge in [-0.25, -0.2) is 0 Å². The summed E-state index contributed by atoms with van der Waals surface area (Å²) in [7, 11) is 3.84. The molecule has 38 heavy (non-hydrogen) atoms. The second-order valence-corrected chi connectivity index (χ2v) is 12.6.